The lowest BCUT2D eigenvalue weighted by Gasteiger charge is -2.27. The minimum Gasteiger partial charge on any atom is -0.379 e. The third-order valence-electron chi connectivity index (χ3n) is 5.93. The molecule has 2 fully saturated rings. The van der Waals surface area contributed by atoms with E-state index >= 15 is 0 Å². The molecule has 0 radical (unpaired) electrons. The number of rotatable bonds is 7. The number of carbonyl (C=O) groups is 1. The minimum absolute atomic E-state index is 0.0608. The van der Waals surface area contributed by atoms with Crippen molar-refractivity contribution >= 4 is 11.7 Å². The van der Waals surface area contributed by atoms with Crippen molar-refractivity contribution in [2.75, 3.05) is 44.8 Å². The van der Waals surface area contributed by atoms with E-state index in [0.717, 1.165) is 11.1 Å². The zero-order valence-electron chi connectivity index (χ0n) is 19.8. The van der Waals surface area contributed by atoms with Gasteiger partial charge in [-0.15, -0.1) is 0 Å². The molecule has 180 valence electrons. The fraction of sp³-hybridized carbons (Fsp3) is 0.500. The number of morpholine rings is 1. The third kappa shape index (κ3) is 5.51. The lowest BCUT2D eigenvalue weighted by molar-refractivity contribution is -0.127. The molecule has 0 spiro atoms. The third-order valence-corrected chi connectivity index (χ3v) is 5.93. The molecule has 2 aliphatic rings. The highest BCUT2D eigenvalue weighted by atomic mass is 16.7. The number of carbonyl (C=O) groups excluding carboxylic acids is 1. The van der Waals surface area contributed by atoms with Crippen LogP contribution in [0, 0.1) is 25.2 Å². The van der Waals surface area contributed by atoms with Crippen LogP contribution in [0.4, 0.5) is 5.82 Å². The zero-order chi connectivity index (χ0) is 24.1. The summed E-state index contributed by atoms with van der Waals surface area (Å²) in [5.41, 5.74) is 6.65. The maximum absolute atomic E-state index is 12.8. The average molecular weight is 467 g/mol. The van der Waals surface area contributed by atoms with E-state index in [4.69, 9.17) is 14.2 Å². The molecule has 0 unspecified atom stereocenters. The highest BCUT2D eigenvalue weighted by molar-refractivity contribution is 5.78. The number of anilines is 1. The van der Waals surface area contributed by atoms with Crippen LogP contribution < -0.4 is 10.7 Å². The van der Waals surface area contributed by atoms with Crippen LogP contribution >= 0.6 is 0 Å². The van der Waals surface area contributed by atoms with E-state index in [1.807, 2.05) is 31.0 Å². The van der Waals surface area contributed by atoms with Crippen LogP contribution in [0.15, 0.2) is 18.2 Å². The number of amides is 1. The second kappa shape index (κ2) is 10.9. The van der Waals surface area contributed by atoms with E-state index in [2.05, 4.69) is 26.8 Å². The molecule has 3 heterocycles. The Hall–Kier alpha value is -3.10. The van der Waals surface area contributed by atoms with Gasteiger partial charge < -0.3 is 19.5 Å². The molecule has 0 aliphatic carbocycles. The van der Waals surface area contributed by atoms with Gasteiger partial charge in [0, 0.05) is 13.1 Å². The summed E-state index contributed by atoms with van der Waals surface area (Å²) in [5, 5.41) is 14.7. The minimum atomic E-state index is -0.659. The van der Waals surface area contributed by atoms with Crippen molar-refractivity contribution < 1.29 is 19.0 Å². The Morgan fingerprint density at radius 2 is 1.94 bits per heavy atom. The van der Waals surface area contributed by atoms with Gasteiger partial charge in [-0.2, -0.15) is 5.26 Å². The number of ether oxygens (including phenoxy) is 3. The monoisotopic (exact) mass is 466 g/mol. The van der Waals surface area contributed by atoms with E-state index in [1.165, 1.54) is 0 Å². The Balaban J connectivity index is 1.62. The zero-order valence-corrected chi connectivity index (χ0v) is 19.8. The normalized spacial score (nSPS) is 17.8. The number of nitriles is 1. The summed E-state index contributed by atoms with van der Waals surface area (Å²) in [5.74, 6) is 0.923. The fourth-order valence-corrected chi connectivity index (χ4v) is 4.23. The molecule has 2 aliphatic heterocycles. The predicted molar refractivity (Wildman–Crippen MR) is 124 cm³/mol. The van der Waals surface area contributed by atoms with Crippen molar-refractivity contribution in [2.45, 2.75) is 39.5 Å². The van der Waals surface area contributed by atoms with E-state index in [-0.39, 0.29) is 18.4 Å². The van der Waals surface area contributed by atoms with Crippen LogP contribution in [0.3, 0.4) is 0 Å². The second-order valence-corrected chi connectivity index (χ2v) is 8.36. The van der Waals surface area contributed by atoms with Gasteiger partial charge in [0.1, 0.15) is 11.6 Å². The van der Waals surface area contributed by atoms with E-state index in [0.29, 0.717) is 68.0 Å². The molecule has 34 heavy (non-hydrogen) atoms. The van der Waals surface area contributed by atoms with Gasteiger partial charge in [-0.1, -0.05) is 12.1 Å². The van der Waals surface area contributed by atoms with Gasteiger partial charge in [0.2, 0.25) is 5.91 Å². The van der Waals surface area contributed by atoms with Crippen molar-refractivity contribution in [3.8, 4) is 6.07 Å². The van der Waals surface area contributed by atoms with Crippen LogP contribution in [0.25, 0.3) is 0 Å². The summed E-state index contributed by atoms with van der Waals surface area (Å²) in [6, 6.07) is 7.74. The first kappa shape index (κ1) is 24.0. The largest absolute Gasteiger partial charge is 0.379 e. The number of hydrogen-bond donors (Lipinski definition) is 2. The van der Waals surface area contributed by atoms with Gasteiger partial charge in [-0.3, -0.25) is 10.2 Å². The number of aryl methyl sites for hydroxylation is 1. The predicted octanol–water partition coefficient (Wildman–Crippen LogP) is 2.09. The lowest BCUT2D eigenvalue weighted by atomic mass is 9.98. The number of nitrogens with one attached hydrogen (secondary N) is 2. The maximum atomic E-state index is 12.8. The molecule has 2 saturated heterocycles. The molecule has 1 amide bonds. The highest BCUT2D eigenvalue weighted by Gasteiger charge is 2.29. The van der Waals surface area contributed by atoms with Crippen LogP contribution in [0.5, 0.6) is 0 Å². The van der Waals surface area contributed by atoms with Crippen LogP contribution in [0.1, 0.15) is 53.0 Å². The maximum Gasteiger partial charge on any atom is 0.240 e. The van der Waals surface area contributed by atoms with Crippen molar-refractivity contribution in [1.29, 1.82) is 5.26 Å². The molecular weight excluding hydrogens is 436 g/mol. The van der Waals surface area contributed by atoms with Crippen molar-refractivity contribution in [3.05, 3.63) is 52.0 Å². The standard InChI is InChI=1S/C24H30N6O4/c1-15-18(14-25)5-4-6-19(15)16(2)26-23-22(24-33-11-12-34-24)20(27-17(3)28-23)13-21(31)29-30-7-9-32-10-8-30/h4-6,16,24H,7-13H2,1-3H3,(H,29,31)(H,26,27,28)/t16-/m1/s1. The SMILES string of the molecule is Cc1nc(CC(=O)NN2CCOCC2)c(C2OCCO2)c(N[C@H](C)c2cccc(C#N)c2C)n1. The topological polar surface area (TPSA) is 122 Å². The molecule has 10 heteroatoms. The van der Waals surface area contributed by atoms with Crippen LogP contribution in [-0.2, 0) is 25.4 Å². The molecule has 2 N–H and O–H groups in total. The number of benzene rings is 1. The molecular formula is C24H30N6O4. The number of hydrazine groups is 1. The highest BCUT2D eigenvalue weighted by Crippen LogP contribution is 2.34. The molecule has 10 nitrogen and oxygen atoms in total. The molecule has 4 rings (SSSR count). The molecule has 2 aromatic rings. The quantitative estimate of drug-likeness (QED) is 0.632. The Bertz CT molecular complexity index is 1070. The van der Waals surface area contributed by atoms with E-state index in [9.17, 15) is 10.1 Å². The molecule has 1 aromatic carbocycles. The van der Waals surface area contributed by atoms with E-state index in [1.54, 1.807) is 13.0 Å². The summed E-state index contributed by atoms with van der Waals surface area (Å²) >= 11 is 0. The van der Waals surface area contributed by atoms with E-state index < -0.39 is 6.29 Å². The molecule has 0 saturated carbocycles. The summed E-state index contributed by atoms with van der Waals surface area (Å²) in [6.45, 7) is 9.09. The van der Waals surface area contributed by atoms with Crippen LogP contribution in [-0.4, -0.2) is 60.4 Å². The van der Waals surface area contributed by atoms with Gasteiger partial charge in [-0.05, 0) is 38.0 Å². The number of nitrogens with zero attached hydrogens (tertiary/aromatic N) is 4. The number of aromatic nitrogens is 2. The summed E-state index contributed by atoms with van der Waals surface area (Å²) in [4.78, 5) is 22.1. The summed E-state index contributed by atoms with van der Waals surface area (Å²) in [6.07, 6.45) is -0.598. The Morgan fingerprint density at radius 3 is 2.65 bits per heavy atom. The molecule has 1 aromatic heterocycles. The van der Waals surface area contributed by atoms with Gasteiger partial charge in [0.05, 0.1) is 61.8 Å². The Labute approximate surface area is 199 Å². The lowest BCUT2D eigenvalue weighted by Crippen LogP contribution is -2.49. The second-order valence-electron chi connectivity index (χ2n) is 8.36. The first-order valence-corrected chi connectivity index (χ1v) is 11.4. The number of hydrogen-bond acceptors (Lipinski definition) is 9. The Kier molecular flexibility index (Phi) is 7.70. The first-order valence-electron chi connectivity index (χ1n) is 11.4. The van der Waals surface area contributed by atoms with Gasteiger partial charge in [-0.25, -0.2) is 15.0 Å². The fourth-order valence-electron chi connectivity index (χ4n) is 4.23. The van der Waals surface area contributed by atoms with Gasteiger partial charge in [0.25, 0.3) is 0 Å². The van der Waals surface area contributed by atoms with Crippen molar-refractivity contribution in [2.24, 2.45) is 0 Å². The van der Waals surface area contributed by atoms with Crippen molar-refractivity contribution in [3.63, 3.8) is 0 Å². The Morgan fingerprint density at radius 1 is 1.21 bits per heavy atom. The summed E-state index contributed by atoms with van der Waals surface area (Å²) in [7, 11) is 0. The molecule has 0 bridgehead atoms. The van der Waals surface area contributed by atoms with Crippen molar-refractivity contribution in [1.82, 2.24) is 20.4 Å². The van der Waals surface area contributed by atoms with Gasteiger partial charge >= 0.3 is 0 Å². The summed E-state index contributed by atoms with van der Waals surface area (Å²) < 4.78 is 16.9. The van der Waals surface area contributed by atoms with Gasteiger partial charge in [0.15, 0.2) is 6.29 Å². The van der Waals surface area contributed by atoms with Crippen LogP contribution in [0.2, 0.25) is 0 Å². The average Bonchev–Trinajstić information content (AvgIpc) is 3.34. The molecule has 1 atom stereocenters. The first-order chi connectivity index (χ1) is 16.5. The smallest absolute Gasteiger partial charge is 0.240 e.